The molecule has 0 saturated carbocycles. The highest BCUT2D eigenvalue weighted by Gasteiger charge is 2.14. The SMILES string of the molecule is Cc1ccccc1CCC(=O)N(C)c1ccc(Br)cc1N. The van der Waals surface area contributed by atoms with Gasteiger partial charge in [0, 0.05) is 17.9 Å². The van der Waals surface area contributed by atoms with Crippen molar-refractivity contribution in [1.82, 2.24) is 0 Å². The van der Waals surface area contributed by atoms with E-state index in [0.717, 1.165) is 16.6 Å². The van der Waals surface area contributed by atoms with E-state index in [2.05, 4.69) is 35.0 Å². The summed E-state index contributed by atoms with van der Waals surface area (Å²) in [6.07, 6.45) is 1.21. The van der Waals surface area contributed by atoms with Gasteiger partial charge in [-0.1, -0.05) is 40.2 Å². The highest BCUT2D eigenvalue weighted by atomic mass is 79.9. The predicted octanol–water partition coefficient (Wildman–Crippen LogP) is 3.94. The molecule has 0 radical (unpaired) electrons. The molecule has 4 heteroatoms. The van der Waals surface area contributed by atoms with Crippen LogP contribution in [-0.4, -0.2) is 13.0 Å². The largest absolute Gasteiger partial charge is 0.397 e. The molecule has 1 amide bonds. The Morgan fingerprint density at radius 1 is 1.24 bits per heavy atom. The van der Waals surface area contributed by atoms with Crippen LogP contribution in [-0.2, 0) is 11.2 Å². The Labute approximate surface area is 133 Å². The van der Waals surface area contributed by atoms with Crippen molar-refractivity contribution in [2.45, 2.75) is 19.8 Å². The second-order valence-electron chi connectivity index (χ2n) is 5.08. The van der Waals surface area contributed by atoms with Crippen molar-refractivity contribution in [3.8, 4) is 0 Å². The van der Waals surface area contributed by atoms with Gasteiger partial charge in [-0.05, 0) is 42.7 Å². The maximum absolute atomic E-state index is 12.3. The molecule has 21 heavy (non-hydrogen) atoms. The summed E-state index contributed by atoms with van der Waals surface area (Å²) in [7, 11) is 1.76. The summed E-state index contributed by atoms with van der Waals surface area (Å²) in [5.74, 6) is 0.0623. The van der Waals surface area contributed by atoms with Gasteiger partial charge in [-0.2, -0.15) is 0 Å². The molecule has 0 spiro atoms. The Morgan fingerprint density at radius 3 is 2.62 bits per heavy atom. The van der Waals surface area contributed by atoms with Crippen molar-refractivity contribution in [3.63, 3.8) is 0 Å². The van der Waals surface area contributed by atoms with E-state index in [1.165, 1.54) is 11.1 Å². The van der Waals surface area contributed by atoms with Crippen LogP contribution in [0.4, 0.5) is 11.4 Å². The Balaban J connectivity index is 2.05. The van der Waals surface area contributed by atoms with E-state index in [0.29, 0.717) is 12.1 Å². The molecule has 0 heterocycles. The number of carbonyl (C=O) groups excluding carboxylic acids is 1. The maximum Gasteiger partial charge on any atom is 0.227 e. The molecular formula is C17H19BrN2O. The summed E-state index contributed by atoms with van der Waals surface area (Å²) in [6.45, 7) is 2.07. The number of hydrogen-bond acceptors (Lipinski definition) is 2. The molecule has 0 aliphatic carbocycles. The summed E-state index contributed by atoms with van der Waals surface area (Å²) < 4.78 is 0.907. The second kappa shape index (κ2) is 6.76. The molecule has 0 atom stereocenters. The van der Waals surface area contributed by atoms with E-state index in [1.54, 1.807) is 18.0 Å². The molecule has 0 saturated heterocycles. The summed E-state index contributed by atoms with van der Waals surface area (Å²) in [5.41, 5.74) is 9.73. The van der Waals surface area contributed by atoms with Gasteiger partial charge in [0.25, 0.3) is 0 Å². The molecule has 2 aromatic carbocycles. The summed E-state index contributed by atoms with van der Waals surface area (Å²) in [4.78, 5) is 13.9. The van der Waals surface area contributed by atoms with Crippen molar-refractivity contribution >= 4 is 33.2 Å². The number of nitrogens with zero attached hydrogens (tertiary/aromatic N) is 1. The first-order chi connectivity index (χ1) is 9.99. The zero-order valence-corrected chi connectivity index (χ0v) is 13.9. The fourth-order valence-electron chi connectivity index (χ4n) is 2.27. The number of hydrogen-bond donors (Lipinski definition) is 1. The fourth-order valence-corrected chi connectivity index (χ4v) is 2.64. The van der Waals surface area contributed by atoms with Crippen LogP contribution in [0.25, 0.3) is 0 Å². The molecule has 0 aliphatic heterocycles. The van der Waals surface area contributed by atoms with E-state index in [1.807, 2.05) is 24.3 Å². The molecule has 3 nitrogen and oxygen atoms in total. The zero-order chi connectivity index (χ0) is 15.4. The smallest absolute Gasteiger partial charge is 0.227 e. The lowest BCUT2D eigenvalue weighted by molar-refractivity contribution is -0.118. The monoisotopic (exact) mass is 346 g/mol. The van der Waals surface area contributed by atoms with Crippen LogP contribution < -0.4 is 10.6 Å². The number of benzene rings is 2. The Hall–Kier alpha value is -1.81. The molecule has 0 fully saturated rings. The third-order valence-corrected chi connectivity index (χ3v) is 4.09. The van der Waals surface area contributed by atoms with Crippen LogP contribution in [0.15, 0.2) is 46.9 Å². The summed E-state index contributed by atoms with van der Waals surface area (Å²) >= 11 is 3.37. The number of aryl methyl sites for hydroxylation is 2. The normalized spacial score (nSPS) is 10.4. The number of halogens is 1. The van der Waals surface area contributed by atoms with Crippen LogP contribution in [0.3, 0.4) is 0 Å². The first-order valence-electron chi connectivity index (χ1n) is 6.85. The third kappa shape index (κ3) is 3.85. The molecule has 110 valence electrons. The lowest BCUT2D eigenvalue weighted by Gasteiger charge is -2.19. The van der Waals surface area contributed by atoms with Gasteiger partial charge >= 0.3 is 0 Å². The number of nitrogens with two attached hydrogens (primary N) is 1. The quantitative estimate of drug-likeness (QED) is 0.852. The first kappa shape index (κ1) is 15.6. The zero-order valence-electron chi connectivity index (χ0n) is 12.3. The van der Waals surface area contributed by atoms with Crippen LogP contribution in [0.1, 0.15) is 17.5 Å². The first-order valence-corrected chi connectivity index (χ1v) is 7.64. The van der Waals surface area contributed by atoms with Crippen molar-refractivity contribution in [3.05, 3.63) is 58.1 Å². The van der Waals surface area contributed by atoms with Crippen molar-refractivity contribution in [2.24, 2.45) is 0 Å². The second-order valence-corrected chi connectivity index (χ2v) is 6.00. The fraction of sp³-hybridized carbons (Fsp3) is 0.235. The third-order valence-electron chi connectivity index (χ3n) is 3.59. The molecule has 0 aromatic heterocycles. The van der Waals surface area contributed by atoms with E-state index in [9.17, 15) is 4.79 Å². The van der Waals surface area contributed by atoms with Crippen molar-refractivity contribution in [1.29, 1.82) is 0 Å². The van der Waals surface area contributed by atoms with Crippen LogP contribution in [0.2, 0.25) is 0 Å². The van der Waals surface area contributed by atoms with Gasteiger partial charge < -0.3 is 10.6 Å². The molecule has 2 N–H and O–H groups in total. The van der Waals surface area contributed by atoms with E-state index in [4.69, 9.17) is 5.73 Å². The minimum absolute atomic E-state index is 0.0623. The van der Waals surface area contributed by atoms with E-state index < -0.39 is 0 Å². The number of nitrogen functional groups attached to an aromatic ring is 1. The highest BCUT2D eigenvalue weighted by Crippen LogP contribution is 2.26. The van der Waals surface area contributed by atoms with Gasteiger partial charge in [-0.25, -0.2) is 0 Å². The predicted molar refractivity (Wildman–Crippen MR) is 91.5 cm³/mol. The summed E-state index contributed by atoms with van der Waals surface area (Å²) in [5, 5.41) is 0. The van der Waals surface area contributed by atoms with Crippen LogP contribution >= 0.6 is 15.9 Å². The number of amides is 1. The van der Waals surface area contributed by atoms with Gasteiger partial charge in [0.15, 0.2) is 0 Å². The van der Waals surface area contributed by atoms with Crippen molar-refractivity contribution < 1.29 is 4.79 Å². The lowest BCUT2D eigenvalue weighted by Crippen LogP contribution is -2.27. The van der Waals surface area contributed by atoms with Gasteiger partial charge in [-0.15, -0.1) is 0 Å². The minimum atomic E-state index is 0.0623. The van der Waals surface area contributed by atoms with Crippen molar-refractivity contribution in [2.75, 3.05) is 17.7 Å². The number of carbonyl (C=O) groups is 1. The Bertz CT molecular complexity index is 655. The minimum Gasteiger partial charge on any atom is -0.397 e. The molecule has 2 rings (SSSR count). The lowest BCUT2D eigenvalue weighted by atomic mass is 10.0. The highest BCUT2D eigenvalue weighted by molar-refractivity contribution is 9.10. The van der Waals surface area contributed by atoms with E-state index in [-0.39, 0.29) is 5.91 Å². The Morgan fingerprint density at radius 2 is 1.95 bits per heavy atom. The van der Waals surface area contributed by atoms with Crippen LogP contribution in [0, 0.1) is 6.92 Å². The standard InChI is InChI=1S/C17H19BrN2O/c1-12-5-3-4-6-13(12)7-10-17(21)20(2)16-9-8-14(18)11-15(16)19/h3-6,8-9,11H,7,10,19H2,1-2H3. The molecule has 0 aliphatic rings. The van der Waals surface area contributed by atoms with Gasteiger partial charge in [-0.3, -0.25) is 4.79 Å². The van der Waals surface area contributed by atoms with Gasteiger partial charge in [0.2, 0.25) is 5.91 Å². The van der Waals surface area contributed by atoms with E-state index >= 15 is 0 Å². The van der Waals surface area contributed by atoms with Gasteiger partial charge in [0.1, 0.15) is 0 Å². The maximum atomic E-state index is 12.3. The van der Waals surface area contributed by atoms with Gasteiger partial charge in [0.05, 0.1) is 11.4 Å². The number of anilines is 2. The van der Waals surface area contributed by atoms with Crippen LogP contribution in [0.5, 0.6) is 0 Å². The molecule has 2 aromatic rings. The topological polar surface area (TPSA) is 46.3 Å². The summed E-state index contributed by atoms with van der Waals surface area (Å²) in [6, 6.07) is 13.7. The average Bonchev–Trinajstić information content (AvgIpc) is 2.45. The number of rotatable bonds is 4. The molecule has 0 unspecified atom stereocenters. The molecular weight excluding hydrogens is 328 g/mol. The molecule has 0 bridgehead atoms. The average molecular weight is 347 g/mol. The Kier molecular flexibility index (Phi) is 5.02.